The van der Waals surface area contributed by atoms with Gasteiger partial charge in [0.25, 0.3) is 5.91 Å². The van der Waals surface area contributed by atoms with Gasteiger partial charge in [-0.15, -0.1) is 11.8 Å². The van der Waals surface area contributed by atoms with Crippen LogP contribution in [0.2, 0.25) is 0 Å². The summed E-state index contributed by atoms with van der Waals surface area (Å²) in [5, 5.41) is 8.94. The van der Waals surface area contributed by atoms with Gasteiger partial charge in [-0.25, -0.2) is 4.79 Å². The molecule has 3 atom stereocenters. The Kier molecular flexibility index (Phi) is 5.33. The van der Waals surface area contributed by atoms with E-state index in [9.17, 15) is 14.4 Å². The molecule has 0 radical (unpaired) electrons. The van der Waals surface area contributed by atoms with Crippen molar-refractivity contribution >= 4 is 29.5 Å². The molecule has 2 saturated heterocycles. The van der Waals surface area contributed by atoms with Gasteiger partial charge >= 0.3 is 5.97 Å². The third-order valence-corrected chi connectivity index (χ3v) is 5.16. The molecule has 0 spiro atoms. The second-order valence-corrected chi connectivity index (χ2v) is 6.90. The molecule has 1 N–H and O–H groups in total. The van der Waals surface area contributed by atoms with Crippen molar-refractivity contribution in [1.82, 2.24) is 9.80 Å². The van der Waals surface area contributed by atoms with E-state index in [1.165, 1.54) is 16.7 Å². The fraction of sp³-hybridized carbons (Fsp3) is 0.786. The largest absolute Gasteiger partial charge is 0.479 e. The molecule has 2 aliphatic rings. The number of carbonyl (C=O) groups excluding carboxylic acids is 2. The summed E-state index contributed by atoms with van der Waals surface area (Å²) in [6.45, 7) is 3.84. The molecule has 0 aliphatic carbocycles. The third kappa shape index (κ3) is 3.38. The third-order valence-electron chi connectivity index (χ3n) is 4.14. The lowest BCUT2D eigenvalue weighted by molar-refractivity contribution is -0.157. The maximum Gasteiger partial charge on any atom is 0.332 e. The highest BCUT2D eigenvalue weighted by Gasteiger charge is 2.43. The molecule has 0 aromatic heterocycles. The molecule has 124 valence electrons. The van der Waals surface area contributed by atoms with Gasteiger partial charge in [0.05, 0.1) is 5.88 Å². The van der Waals surface area contributed by atoms with Crippen molar-refractivity contribution in [3.8, 4) is 0 Å². The van der Waals surface area contributed by atoms with Crippen molar-refractivity contribution in [2.24, 2.45) is 0 Å². The summed E-state index contributed by atoms with van der Waals surface area (Å²) in [7, 11) is 1.73. The van der Waals surface area contributed by atoms with Gasteiger partial charge < -0.3 is 19.6 Å². The van der Waals surface area contributed by atoms with E-state index in [1.807, 2.05) is 13.8 Å². The van der Waals surface area contributed by atoms with Crippen LogP contribution in [-0.4, -0.2) is 75.7 Å². The summed E-state index contributed by atoms with van der Waals surface area (Å²) in [6.07, 6.45) is -0.953. The van der Waals surface area contributed by atoms with Gasteiger partial charge in [-0.3, -0.25) is 9.59 Å². The second kappa shape index (κ2) is 6.87. The number of carbonyl (C=O) groups is 3. The molecular weight excluding hydrogens is 308 g/mol. The molecule has 1 unspecified atom stereocenters. The standard InChI is InChI=1S/C14H22N2O5S/c1-8(2)15(3)12(17)9-6-22-7-16(9)13(18)10-4-5-11(21-10)14(19)20/h8-11H,4-7H2,1-3H3,(H,19,20)/t9?,10-,11+/m0/s1. The van der Waals surface area contributed by atoms with Crippen LogP contribution in [0.1, 0.15) is 26.7 Å². The Bertz CT molecular complexity index is 470. The molecule has 0 bridgehead atoms. The zero-order chi connectivity index (χ0) is 16.4. The molecule has 22 heavy (non-hydrogen) atoms. The summed E-state index contributed by atoms with van der Waals surface area (Å²) >= 11 is 1.53. The first-order valence-corrected chi connectivity index (χ1v) is 8.51. The van der Waals surface area contributed by atoms with Crippen LogP contribution >= 0.6 is 11.8 Å². The maximum atomic E-state index is 12.5. The lowest BCUT2D eigenvalue weighted by Crippen LogP contribution is -2.51. The molecule has 7 nitrogen and oxygen atoms in total. The first-order valence-electron chi connectivity index (χ1n) is 7.36. The number of aliphatic carboxylic acids is 1. The van der Waals surface area contributed by atoms with Crippen molar-refractivity contribution in [3.63, 3.8) is 0 Å². The highest BCUT2D eigenvalue weighted by Crippen LogP contribution is 2.28. The van der Waals surface area contributed by atoms with Crippen molar-refractivity contribution in [2.45, 2.75) is 51.0 Å². The minimum atomic E-state index is -1.04. The summed E-state index contributed by atoms with van der Waals surface area (Å²) < 4.78 is 5.31. The fourth-order valence-electron chi connectivity index (χ4n) is 2.54. The van der Waals surface area contributed by atoms with Gasteiger partial charge in [0, 0.05) is 18.8 Å². The highest BCUT2D eigenvalue weighted by molar-refractivity contribution is 7.99. The van der Waals surface area contributed by atoms with Crippen LogP contribution in [0.4, 0.5) is 0 Å². The molecule has 0 aromatic carbocycles. The topological polar surface area (TPSA) is 87.2 Å². The van der Waals surface area contributed by atoms with Gasteiger partial charge in [-0.2, -0.15) is 0 Å². The Morgan fingerprint density at radius 3 is 2.45 bits per heavy atom. The fourth-order valence-corrected chi connectivity index (χ4v) is 3.69. The smallest absolute Gasteiger partial charge is 0.332 e. The van der Waals surface area contributed by atoms with Crippen molar-refractivity contribution in [1.29, 1.82) is 0 Å². The zero-order valence-electron chi connectivity index (χ0n) is 13.0. The summed E-state index contributed by atoms with van der Waals surface area (Å²) in [5.41, 5.74) is 0. The van der Waals surface area contributed by atoms with Crippen LogP contribution in [0.15, 0.2) is 0 Å². The highest BCUT2D eigenvalue weighted by atomic mass is 32.2. The Morgan fingerprint density at radius 2 is 1.91 bits per heavy atom. The number of carboxylic acid groups (broad SMARTS) is 1. The number of hydrogen-bond donors (Lipinski definition) is 1. The minimum Gasteiger partial charge on any atom is -0.479 e. The molecule has 2 amide bonds. The van der Waals surface area contributed by atoms with Crippen LogP contribution in [-0.2, 0) is 19.1 Å². The second-order valence-electron chi connectivity index (χ2n) is 5.90. The molecule has 2 fully saturated rings. The lowest BCUT2D eigenvalue weighted by atomic mass is 10.1. The van der Waals surface area contributed by atoms with E-state index in [4.69, 9.17) is 9.84 Å². The molecule has 0 aromatic rings. The van der Waals surface area contributed by atoms with Crippen molar-refractivity contribution in [2.75, 3.05) is 18.7 Å². The van der Waals surface area contributed by atoms with Gasteiger partial charge in [0.15, 0.2) is 6.10 Å². The molecule has 8 heteroatoms. The van der Waals surface area contributed by atoms with Crippen LogP contribution in [0.3, 0.4) is 0 Å². The lowest BCUT2D eigenvalue weighted by Gasteiger charge is -2.30. The number of ether oxygens (including phenoxy) is 1. The predicted molar refractivity (Wildman–Crippen MR) is 81.4 cm³/mol. The van der Waals surface area contributed by atoms with Crippen LogP contribution < -0.4 is 0 Å². The number of carboxylic acids is 1. The number of rotatable bonds is 4. The predicted octanol–water partition coefficient (Wildman–Crippen LogP) is 0.387. The number of hydrogen-bond acceptors (Lipinski definition) is 5. The quantitative estimate of drug-likeness (QED) is 0.802. The maximum absolute atomic E-state index is 12.5. The SMILES string of the molecule is CC(C)N(C)C(=O)C1CSCN1C(=O)[C@@H]1CC[C@H](C(=O)O)O1. The van der Waals surface area contributed by atoms with Crippen molar-refractivity contribution in [3.05, 3.63) is 0 Å². The summed E-state index contributed by atoms with van der Waals surface area (Å²) in [5.74, 6) is -0.390. The van der Waals surface area contributed by atoms with Crippen LogP contribution in [0.25, 0.3) is 0 Å². The van der Waals surface area contributed by atoms with Crippen LogP contribution in [0, 0.1) is 0 Å². The van der Waals surface area contributed by atoms with Gasteiger partial charge in [0.1, 0.15) is 12.1 Å². The van der Waals surface area contributed by atoms with E-state index in [1.54, 1.807) is 11.9 Å². The van der Waals surface area contributed by atoms with Crippen LogP contribution in [0.5, 0.6) is 0 Å². The van der Waals surface area contributed by atoms with E-state index in [-0.39, 0.29) is 17.9 Å². The van der Waals surface area contributed by atoms with E-state index in [0.29, 0.717) is 24.5 Å². The number of nitrogens with zero attached hydrogens (tertiary/aromatic N) is 2. The zero-order valence-corrected chi connectivity index (χ0v) is 13.8. The molecule has 0 saturated carbocycles. The first kappa shape index (κ1) is 17.1. The normalized spacial score (nSPS) is 28.2. The Hall–Kier alpha value is -1.28. The van der Waals surface area contributed by atoms with Gasteiger partial charge in [-0.05, 0) is 26.7 Å². The van der Waals surface area contributed by atoms with E-state index < -0.39 is 24.2 Å². The van der Waals surface area contributed by atoms with E-state index in [0.717, 1.165) is 0 Å². The average molecular weight is 330 g/mol. The van der Waals surface area contributed by atoms with E-state index in [2.05, 4.69) is 0 Å². The number of likely N-dealkylation sites (N-methyl/N-ethyl adjacent to an activating group) is 1. The van der Waals surface area contributed by atoms with Gasteiger partial charge in [-0.1, -0.05) is 0 Å². The van der Waals surface area contributed by atoms with Crippen molar-refractivity contribution < 1.29 is 24.2 Å². The molecular formula is C14H22N2O5S. The molecule has 2 rings (SSSR count). The minimum absolute atomic E-state index is 0.0640. The van der Waals surface area contributed by atoms with E-state index >= 15 is 0 Å². The molecule has 2 heterocycles. The number of thioether (sulfide) groups is 1. The molecule has 2 aliphatic heterocycles. The summed E-state index contributed by atoms with van der Waals surface area (Å²) in [6, 6.07) is -0.424. The monoisotopic (exact) mass is 330 g/mol. The Morgan fingerprint density at radius 1 is 1.27 bits per heavy atom. The van der Waals surface area contributed by atoms with Gasteiger partial charge in [0.2, 0.25) is 5.91 Å². The average Bonchev–Trinajstić information content (AvgIpc) is 3.13. The Balaban J connectivity index is 2.03. The first-order chi connectivity index (χ1) is 10.3. The summed E-state index contributed by atoms with van der Waals surface area (Å²) in [4.78, 5) is 39.1. The Labute approximate surface area is 134 Å². The number of amides is 2.